The van der Waals surface area contributed by atoms with Gasteiger partial charge in [-0.3, -0.25) is 4.79 Å². The van der Waals surface area contributed by atoms with Crippen LogP contribution in [0.3, 0.4) is 0 Å². The van der Waals surface area contributed by atoms with Gasteiger partial charge in [-0.1, -0.05) is 92.2 Å². The fraction of sp³-hybridized carbons (Fsp3) is 0.407. The number of benzene rings is 2. The van der Waals surface area contributed by atoms with E-state index in [2.05, 4.69) is 71.4 Å². The second kappa shape index (κ2) is 11.4. The highest BCUT2D eigenvalue weighted by Crippen LogP contribution is 2.36. The van der Waals surface area contributed by atoms with Crippen LogP contribution in [-0.4, -0.2) is 27.8 Å². The summed E-state index contributed by atoms with van der Waals surface area (Å²) in [4.78, 5) is 17.4. The number of nitrogens with zero attached hydrogens (tertiary/aromatic N) is 2. The van der Waals surface area contributed by atoms with E-state index in [0.29, 0.717) is 0 Å². The Bertz CT molecular complexity index is 995. The van der Waals surface area contributed by atoms with Gasteiger partial charge in [0.1, 0.15) is 0 Å². The first-order valence-electron chi connectivity index (χ1n) is 11.9. The van der Waals surface area contributed by atoms with E-state index in [1.54, 1.807) is 11.8 Å². The molecule has 0 saturated heterocycles. The van der Waals surface area contributed by atoms with Crippen molar-refractivity contribution in [1.82, 2.24) is 14.9 Å². The molecule has 32 heavy (non-hydrogen) atoms. The molecule has 0 aliphatic heterocycles. The van der Waals surface area contributed by atoms with Gasteiger partial charge < -0.3 is 9.88 Å². The van der Waals surface area contributed by atoms with Crippen molar-refractivity contribution < 1.29 is 4.79 Å². The van der Waals surface area contributed by atoms with E-state index in [9.17, 15) is 4.79 Å². The molecule has 1 heterocycles. The average Bonchev–Trinajstić information content (AvgIpc) is 3.49. The van der Waals surface area contributed by atoms with Crippen LogP contribution in [0.4, 0.5) is 0 Å². The molecule has 1 aliphatic carbocycles. The number of nitrogens with one attached hydrogen (secondary N) is 1. The largest absolute Gasteiger partial charge is 0.356 e. The van der Waals surface area contributed by atoms with E-state index in [-0.39, 0.29) is 11.8 Å². The van der Waals surface area contributed by atoms with Crippen LogP contribution < -0.4 is 5.32 Å². The van der Waals surface area contributed by atoms with Crippen LogP contribution in [-0.2, 0) is 11.3 Å². The van der Waals surface area contributed by atoms with Gasteiger partial charge in [-0.15, -0.1) is 0 Å². The van der Waals surface area contributed by atoms with Crippen molar-refractivity contribution in [1.29, 1.82) is 0 Å². The van der Waals surface area contributed by atoms with Crippen molar-refractivity contribution in [3.8, 4) is 22.5 Å². The summed E-state index contributed by atoms with van der Waals surface area (Å²) < 4.78 is 2.37. The van der Waals surface area contributed by atoms with Crippen LogP contribution in [0.2, 0.25) is 0 Å². The molecular weight excluding hydrogens is 414 g/mol. The maximum absolute atomic E-state index is 12.2. The molecule has 4 rings (SSSR count). The van der Waals surface area contributed by atoms with Gasteiger partial charge in [0.05, 0.1) is 11.4 Å². The number of amides is 1. The van der Waals surface area contributed by atoms with Crippen LogP contribution in [0.1, 0.15) is 45.4 Å². The first kappa shape index (κ1) is 22.7. The zero-order valence-corrected chi connectivity index (χ0v) is 19.7. The van der Waals surface area contributed by atoms with Crippen LogP contribution in [0.5, 0.6) is 0 Å². The average molecular weight is 448 g/mol. The highest BCUT2D eigenvalue weighted by atomic mass is 32.2. The number of thioether (sulfide) groups is 1. The smallest absolute Gasteiger partial charge is 0.223 e. The lowest BCUT2D eigenvalue weighted by Crippen LogP contribution is -2.30. The highest BCUT2D eigenvalue weighted by Gasteiger charge is 2.22. The second-order valence-electron chi connectivity index (χ2n) is 8.45. The quantitative estimate of drug-likeness (QED) is 0.288. The Labute approximate surface area is 195 Å². The monoisotopic (exact) mass is 447 g/mol. The summed E-state index contributed by atoms with van der Waals surface area (Å²) in [6.07, 6.45) is 6.50. The molecule has 2 aromatic carbocycles. The molecule has 0 unspecified atom stereocenters. The summed E-state index contributed by atoms with van der Waals surface area (Å²) in [7, 11) is 0. The van der Waals surface area contributed by atoms with E-state index < -0.39 is 0 Å². The van der Waals surface area contributed by atoms with Crippen molar-refractivity contribution in [2.45, 2.75) is 57.1 Å². The Morgan fingerprint density at radius 1 is 1.03 bits per heavy atom. The number of carbonyl (C=O) groups excluding carboxylic acids is 1. The molecule has 0 atom stereocenters. The standard InChI is InChI=1S/C27H33N3OS/c1-2-19-30-25(22-14-7-4-8-15-22)24(21-12-5-3-6-13-21)29-27(30)32-20-11-18-28-26(31)23-16-9-10-17-23/h3-8,12-15,23H,2,9-11,16-20H2,1H3,(H,28,31). The number of carbonyl (C=O) groups is 1. The fourth-order valence-corrected chi connectivity index (χ4v) is 5.40. The molecule has 0 spiro atoms. The summed E-state index contributed by atoms with van der Waals surface area (Å²) in [6, 6.07) is 21.0. The predicted octanol–water partition coefficient (Wildman–Crippen LogP) is 6.42. The molecule has 5 heteroatoms. The van der Waals surface area contributed by atoms with Gasteiger partial charge in [0, 0.05) is 35.9 Å². The first-order chi connectivity index (χ1) is 15.8. The van der Waals surface area contributed by atoms with Crippen LogP contribution in [0.15, 0.2) is 65.8 Å². The predicted molar refractivity (Wildman–Crippen MR) is 134 cm³/mol. The summed E-state index contributed by atoms with van der Waals surface area (Å²) in [5.74, 6) is 1.43. The van der Waals surface area contributed by atoms with Crippen molar-refractivity contribution in [2.24, 2.45) is 5.92 Å². The molecule has 1 aliphatic rings. The minimum absolute atomic E-state index is 0.243. The molecule has 0 bridgehead atoms. The van der Waals surface area contributed by atoms with E-state index in [0.717, 1.165) is 60.9 Å². The molecule has 3 aromatic rings. The molecule has 4 nitrogen and oxygen atoms in total. The molecule has 168 valence electrons. The van der Waals surface area contributed by atoms with E-state index in [1.807, 2.05) is 6.07 Å². The van der Waals surface area contributed by atoms with Crippen molar-refractivity contribution in [3.63, 3.8) is 0 Å². The number of imidazole rings is 1. The molecule has 1 amide bonds. The zero-order valence-electron chi connectivity index (χ0n) is 18.9. The lowest BCUT2D eigenvalue weighted by atomic mass is 10.0. The van der Waals surface area contributed by atoms with E-state index in [1.165, 1.54) is 24.1 Å². The number of hydrogen-bond acceptors (Lipinski definition) is 3. The van der Waals surface area contributed by atoms with Gasteiger partial charge in [0.25, 0.3) is 0 Å². The molecular formula is C27H33N3OS. The van der Waals surface area contributed by atoms with Crippen LogP contribution >= 0.6 is 11.8 Å². The van der Waals surface area contributed by atoms with Crippen molar-refractivity contribution in [2.75, 3.05) is 12.3 Å². The summed E-state index contributed by atoms with van der Waals surface area (Å²) in [6.45, 7) is 3.89. The molecule has 0 radical (unpaired) electrons. The van der Waals surface area contributed by atoms with Gasteiger partial charge >= 0.3 is 0 Å². The van der Waals surface area contributed by atoms with Crippen LogP contribution in [0, 0.1) is 5.92 Å². The van der Waals surface area contributed by atoms with Crippen molar-refractivity contribution >= 4 is 17.7 Å². The Morgan fingerprint density at radius 2 is 1.69 bits per heavy atom. The lowest BCUT2D eigenvalue weighted by molar-refractivity contribution is -0.124. The first-order valence-corrected chi connectivity index (χ1v) is 12.9. The minimum atomic E-state index is 0.243. The van der Waals surface area contributed by atoms with Gasteiger partial charge in [0.2, 0.25) is 5.91 Å². The Kier molecular flexibility index (Phi) is 8.05. The van der Waals surface area contributed by atoms with Crippen molar-refractivity contribution in [3.05, 3.63) is 60.7 Å². The molecule has 1 N–H and O–H groups in total. The third kappa shape index (κ3) is 5.44. The van der Waals surface area contributed by atoms with Gasteiger partial charge in [-0.2, -0.15) is 0 Å². The summed E-state index contributed by atoms with van der Waals surface area (Å²) >= 11 is 1.80. The number of hydrogen-bond donors (Lipinski definition) is 1. The highest BCUT2D eigenvalue weighted by molar-refractivity contribution is 7.99. The summed E-state index contributed by atoms with van der Waals surface area (Å²) in [5.41, 5.74) is 4.58. The van der Waals surface area contributed by atoms with E-state index in [4.69, 9.17) is 4.98 Å². The molecule has 1 aromatic heterocycles. The number of rotatable bonds is 10. The van der Waals surface area contributed by atoms with Crippen LogP contribution in [0.25, 0.3) is 22.5 Å². The van der Waals surface area contributed by atoms with Gasteiger partial charge in [-0.25, -0.2) is 4.98 Å². The van der Waals surface area contributed by atoms with Gasteiger partial charge in [0.15, 0.2) is 5.16 Å². The molecule has 1 fully saturated rings. The maximum atomic E-state index is 12.2. The third-order valence-corrected chi connectivity index (χ3v) is 7.11. The zero-order chi connectivity index (χ0) is 22.2. The van der Waals surface area contributed by atoms with E-state index >= 15 is 0 Å². The SMILES string of the molecule is CCCn1c(SCCCNC(=O)C2CCCC2)nc(-c2ccccc2)c1-c1ccccc1. The number of aromatic nitrogens is 2. The second-order valence-corrected chi connectivity index (χ2v) is 9.51. The minimum Gasteiger partial charge on any atom is -0.356 e. The third-order valence-electron chi connectivity index (χ3n) is 6.05. The lowest BCUT2D eigenvalue weighted by Gasteiger charge is -2.12. The Morgan fingerprint density at radius 3 is 2.34 bits per heavy atom. The Hall–Kier alpha value is -2.53. The normalized spacial score (nSPS) is 14.0. The topological polar surface area (TPSA) is 46.9 Å². The summed E-state index contributed by atoms with van der Waals surface area (Å²) in [5, 5.41) is 4.20. The fourth-order valence-electron chi connectivity index (χ4n) is 4.44. The van der Waals surface area contributed by atoms with Gasteiger partial charge in [-0.05, 0) is 25.7 Å². The Balaban J connectivity index is 1.50. The maximum Gasteiger partial charge on any atom is 0.223 e. The molecule has 1 saturated carbocycles.